The molecule has 3 aromatic carbocycles. The fourth-order valence-corrected chi connectivity index (χ4v) is 10.3. The molecule has 0 radical (unpaired) electrons. The van der Waals surface area contributed by atoms with E-state index in [0.717, 1.165) is 16.7 Å². The fraction of sp³-hybridized carbons (Fsp3) is 0.489. The second-order valence-corrected chi connectivity index (χ2v) is 23.1. The van der Waals surface area contributed by atoms with Crippen molar-refractivity contribution in [3.05, 3.63) is 128 Å². The minimum Gasteiger partial charge on any atom is -0.497 e. The lowest BCUT2D eigenvalue weighted by Gasteiger charge is -2.42. The van der Waals surface area contributed by atoms with Crippen LogP contribution in [0.4, 0.5) is 0 Å². The predicted octanol–water partition coefficient (Wildman–Crippen LogP) is 8.58. The molecule has 60 heavy (non-hydrogen) atoms. The van der Waals surface area contributed by atoms with Gasteiger partial charge in [-0.2, -0.15) is 5.26 Å². The first kappa shape index (κ1) is 46.9. The third-order valence-corrected chi connectivity index (χ3v) is 17.8. The Hall–Kier alpha value is -4.16. The minimum absolute atomic E-state index is 0.00342. The van der Waals surface area contributed by atoms with E-state index in [1.807, 2.05) is 78.9 Å². The zero-order chi connectivity index (χ0) is 43.8. The highest BCUT2D eigenvalue weighted by Crippen LogP contribution is 2.53. The number of hydrogen-bond acceptors (Lipinski definition) is 11. The summed E-state index contributed by atoms with van der Waals surface area (Å²) in [7, 11) is -1.20. The molecule has 324 valence electrons. The first-order valence-corrected chi connectivity index (χ1v) is 24.4. The van der Waals surface area contributed by atoms with E-state index in [4.69, 9.17) is 32.4 Å². The minimum atomic E-state index is -2.63. The van der Waals surface area contributed by atoms with Gasteiger partial charge in [-0.15, -0.1) is 0 Å². The fourth-order valence-electron chi connectivity index (χ4n) is 7.20. The zero-order valence-electron chi connectivity index (χ0n) is 36.7. The first-order valence-electron chi connectivity index (χ1n) is 20.4. The summed E-state index contributed by atoms with van der Waals surface area (Å²) < 4.78 is 48.6. The van der Waals surface area contributed by atoms with Crippen LogP contribution in [0, 0.1) is 11.3 Å². The Labute approximate surface area is 356 Å². The van der Waals surface area contributed by atoms with E-state index in [0.29, 0.717) is 11.5 Å². The molecule has 0 amide bonds. The van der Waals surface area contributed by atoms with Gasteiger partial charge in [-0.3, -0.25) is 9.78 Å². The lowest BCUT2D eigenvalue weighted by Crippen LogP contribution is -2.50. The van der Waals surface area contributed by atoms with Crippen LogP contribution >= 0.6 is 8.53 Å². The zero-order valence-corrected chi connectivity index (χ0v) is 38.6. The summed E-state index contributed by atoms with van der Waals surface area (Å²) in [6.45, 7) is 19.1. The SMILES string of the molecule is COc1ccc(C(OC[C@H]2O[C@@H](c3c[nH]c(=O)[nH]c3=O)[C@@H](O[Si](C)(C)C(C)(C)C)C2OP(OCCC#N)N(C(C)C)C(C)C)(c2ccccc2)c2ccc(OC)cc2)cc1. The Balaban J connectivity index is 1.73. The standard InChI is InChI=1S/C45H61N4O9PSi/c1-30(2)49(31(3)4)59(55-27-15-26-46)57-40-38(56-39(37-28-47-43(51)48-42(37)50)41(40)58-60(10,11)44(5,6)7)29-54-45(32-16-13-12-14-17-32,33-18-22-35(52-8)23-19-33)34-20-24-36(53-9)25-21-34/h12-14,16-25,28,30-31,38-41H,15,27,29H2,1-11H3,(H2,47,48,50,51)/t38-,39+,40?,41-,59?/m1/s1. The van der Waals surface area contributed by atoms with Crippen molar-refractivity contribution >= 4 is 16.8 Å². The number of rotatable bonds is 19. The third kappa shape index (κ3) is 10.5. The Morgan fingerprint density at radius 2 is 1.40 bits per heavy atom. The highest BCUT2D eigenvalue weighted by molar-refractivity contribution is 7.44. The lowest BCUT2D eigenvalue weighted by molar-refractivity contribution is -0.0808. The van der Waals surface area contributed by atoms with E-state index in [-0.39, 0.29) is 42.3 Å². The second kappa shape index (κ2) is 20.1. The highest BCUT2D eigenvalue weighted by Gasteiger charge is 2.54. The number of H-pyrrole nitrogens is 2. The maximum atomic E-state index is 13.7. The lowest BCUT2D eigenvalue weighted by atomic mass is 9.80. The molecule has 13 nitrogen and oxygen atoms in total. The van der Waals surface area contributed by atoms with E-state index in [1.54, 1.807) is 14.2 Å². The number of nitrogens with one attached hydrogen (secondary N) is 2. The number of benzene rings is 3. The molecule has 0 aliphatic carbocycles. The average Bonchev–Trinajstić information content (AvgIpc) is 3.53. The molecule has 4 aromatic rings. The van der Waals surface area contributed by atoms with E-state index < -0.39 is 58.1 Å². The van der Waals surface area contributed by atoms with E-state index >= 15 is 0 Å². The number of ether oxygens (including phenoxy) is 4. The van der Waals surface area contributed by atoms with Gasteiger partial charge >= 0.3 is 5.69 Å². The summed E-state index contributed by atoms with van der Waals surface area (Å²) in [4.78, 5) is 31.0. The largest absolute Gasteiger partial charge is 0.497 e. The van der Waals surface area contributed by atoms with E-state index in [1.165, 1.54) is 6.20 Å². The molecule has 2 heterocycles. The molecule has 15 heteroatoms. The number of methoxy groups -OCH3 is 2. The maximum Gasteiger partial charge on any atom is 0.325 e. The molecule has 0 saturated carbocycles. The van der Waals surface area contributed by atoms with Gasteiger partial charge in [-0.25, -0.2) is 9.46 Å². The molecule has 1 fully saturated rings. The van der Waals surface area contributed by atoms with Crippen molar-refractivity contribution < 1.29 is 32.4 Å². The quantitative estimate of drug-likeness (QED) is 0.0403. The van der Waals surface area contributed by atoms with Gasteiger partial charge in [0.15, 0.2) is 8.32 Å². The monoisotopic (exact) mass is 860 g/mol. The van der Waals surface area contributed by atoms with Gasteiger partial charge in [0.25, 0.3) is 14.1 Å². The van der Waals surface area contributed by atoms with Crippen LogP contribution in [0.15, 0.2) is 94.6 Å². The number of nitriles is 1. The maximum absolute atomic E-state index is 13.7. The summed E-state index contributed by atoms with van der Waals surface area (Å²) in [5, 5.41) is 9.26. The number of aromatic nitrogens is 2. The molecule has 5 atom stereocenters. The highest BCUT2D eigenvalue weighted by atomic mass is 31.2. The van der Waals surface area contributed by atoms with Crippen molar-refractivity contribution in [2.75, 3.05) is 27.4 Å². The number of hydrogen-bond donors (Lipinski definition) is 2. The molecule has 5 rings (SSSR count). The van der Waals surface area contributed by atoms with Crippen LogP contribution in [0.5, 0.6) is 11.5 Å². The van der Waals surface area contributed by atoms with E-state index in [9.17, 15) is 14.9 Å². The molecule has 2 N–H and O–H groups in total. The van der Waals surface area contributed by atoms with Gasteiger partial charge in [0.2, 0.25) is 0 Å². The molecule has 1 aromatic heterocycles. The van der Waals surface area contributed by atoms with Crippen LogP contribution < -0.4 is 20.7 Å². The Bertz CT molecular complexity index is 2080. The molecule has 1 aliphatic rings. The summed E-state index contributed by atoms with van der Waals surface area (Å²) in [6.07, 6.45) is -1.97. The summed E-state index contributed by atoms with van der Waals surface area (Å²) in [5.41, 5.74) is 0.256. The molecule has 0 spiro atoms. The van der Waals surface area contributed by atoms with Crippen molar-refractivity contribution in [3.8, 4) is 17.6 Å². The molecule has 1 aliphatic heterocycles. The van der Waals surface area contributed by atoms with Gasteiger partial charge in [0.05, 0.1) is 45.5 Å². The van der Waals surface area contributed by atoms with Crippen molar-refractivity contribution in [2.24, 2.45) is 0 Å². The van der Waals surface area contributed by atoms with Gasteiger partial charge in [-0.1, -0.05) is 75.4 Å². The summed E-state index contributed by atoms with van der Waals surface area (Å²) in [6, 6.07) is 27.7. The van der Waals surface area contributed by atoms with Gasteiger partial charge in [-0.05, 0) is 86.8 Å². The van der Waals surface area contributed by atoms with Crippen LogP contribution in [-0.4, -0.2) is 80.8 Å². The van der Waals surface area contributed by atoms with Crippen LogP contribution in [-0.2, 0) is 28.5 Å². The van der Waals surface area contributed by atoms with E-state index in [2.05, 4.69) is 82.3 Å². The molecule has 0 bridgehead atoms. The molecule has 1 saturated heterocycles. The smallest absolute Gasteiger partial charge is 0.325 e. The summed E-state index contributed by atoms with van der Waals surface area (Å²) in [5.74, 6) is 1.37. The van der Waals surface area contributed by atoms with Gasteiger partial charge in [0, 0.05) is 18.3 Å². The van der Waals surface area contributed by atoms with Crippen molar-refractivity contribution in [1.82, 2.24) is 14.6 Å². The topological polar surface area (TPSA) is 157 Å². The molecular weight excluding hydrogens is 800 g/mol. The van der Waals surface area contributed by atoms with Crippen LogP contribution in [0.3, 0.4) is 0 Å². The predicted molar refractivity (Wildman–Crippen MR) is 236 cm³/mol. The van der Waals surface area contributed by atoms with Gasteiger partial charge in [0.1, 0.15) is 41.5 Å². The Kier molecular flexibility index (Phi) is 15.7. The number of aromatic amines is 2. The Morgan fingerprint density at radius 1 is 0.850 bits per heavy atom. The first-order chi connectivity index (χ1) is 28.5. The number of nitrogens with zero attached hydrogens (tertiary/aromatic N) is 2. The van der Waals surface area contributed by atoms with Crippen molar-refractivity contribution in [3.63, 3.8) is 0 Å². The Morgan fingerprint density at radius 3 is 1.88 bits per heavy atom. The van der Waals surface area contributed by atoms with Crippen molar-refractivity contribution in [2.45, 2.75) is 115 Å². The van der Waals surface area contributed by atoms with Crippen LogP contribution in [0.25, 0.3) is 0 Å². The van der Waals surface area contributed by atoms with Crippen LogP contribution in [0.1, 0.15) is 83.2 Å². The average molecular weight is 861 g/mol. The second-order valence-electron chi connectivity index (χ2n) is 16.9. The molecule has 2 unspecified atom stereocenters. The van der Waals surface area contributed by atoms with Gasteiger partial charge < -0.3 is 37.4 Å². The summed E-state index contributed by atoms with van der Waals surface area (Å²) >= 11 is 0. The normalized spacial score (nSPS) is 19.1. The third-order valence-electron chi connectivity index (χ3n) is 11.2. The van der Waals surface area contributed by atoms with Crippen molar-refractivity contribution in [1.29, 1.82) is 5.26 Å². The molecular formula is C45H61N4O9PSi. The van der Waals surface area contributed by atoms with Crippen LogP contribution in [0.2, 0.25) is 18.1 Å².